The predicted octanol–water partition coefficient (Wildman–Crippen LogP) is 0.840. The van der Waals surface area contributed by atoms with Crippen LogP contribution in [0.25, 0.3) is 0 Å². The Balaban J connectivity index is 1.65. The molecule has 1 saturated carbocycles. The summed E-state index contributed by atoms with van der Waals surface area (Å²) >= 11 is 0. The Morgan fingerprint density at radius 1 is 1.25 bits per heavy atom. The number of piperidine rings is 1. The molecule has 0 aromatic carbocycles. The Kier molecular flexibility index (Phi) is 4.80. The van der Waals surface area contributed by atoms with Gasteiger partial charge in [-0.25, -0.2) is 4.79 Å². The highest BCUT2D eigenvalue weighted by Crippen LogP contribution is 2.39. The van der Waals surface area contributed by atoms with Crippen molar-refractivity contribution in [3.63, 3.8) is 0 Å². The van der Waals surface area contributed by atoms with E-state index < -0.39 is 5.54 Å². The summed E-state index contributed by atoms with van der Waals surface area (Å²) in [6.45, 7) is 2.83. The van der Waals surface area contributed by atoms with E-state index in [2.05, 4.69) is 10.6 Å². The number of nitrogens with zero attached hydrogens (tertiary/aromatic N) is 2. The number of hydrogen-bond acceptors (Lipinski definition) is 4. The summed E-state index contributed by atoms with van der Waals surface area (Å²) in [4.78, 5) is 40.5. The van der Waals surface area contributed by atoms with Crippen LogP contribution in [0, 0.1) is 0 Å². The first kappa shape index (κ1) is 17.2. The van der Waals surface area contributed by atoms with Gasteiger partial charge in [0.25, 0.3) is 5.91 Å². The maximum absolute atomic E-state index is 12.9. The Bertz CT molecular complexity index is 530. The van der Waals surface area contributed by atoms with Gasteiger partial charge in [0.05, 0.1) is 0 Å². The largest absolute Gasteiger partial charge is 0.350 e. The number of urea groups is 1. The molecule has 134 valence electrons. The van der Waals surface area contributed by atoms with Gasteiger partial charge in [-0.2, -0.15) is 0 Å². The fraction of sp³-hybridized carbons (Fsp3) is 0.824. The smallest absolute Gasteiger partial charge is 0.327 e. The zero-order valence-electron chi connectivity index (χ0n) is 14.6. The van der Waals surface area contributed by atoms with Crippen LogP contribution in [0.3, 0.4) is 0 Å². The SMILES string of the molecule is CC1NCCCC1NC(=O)CN1C(=O)N(C)C2(CCCCC2)C1=O. The van der Waals surface area contributed by atoms with Crippen LogP contribution in [-0.2, 0) is 9.59 Å². The molecule has 3 fully saturated rings. The van der Waals surface area contributed by atoms with Crippen LogP contribution in [0.4, 0.5) is 4.79 Å². The van der Waals surface area contributed by atoms with Crippen molar-refractivity contribution in [3.8, 4) is 0 Å². The number of rotatable bonds is 3. The highest BCUT2D eigenvalue weighted by atomic mass is 16.2. The van der Waals surface area contributed by atoms with E-state index in [9.17, 15) is 14.4 Å². The minimum absolute atomic E-state index is 0.0560. The zero-order chi connectivity index (χ0) is 17.3. The molecule has 2 aliphatic heterocycles. The van der Waals surface area contributed by atoms with Crippen LogP contribution in [0.5, 0.6) is 0 Å². The standard InChI is InChI=1S/C17H28N4O3/c1-12-13(7-6-10-18-12)19-14(22)11-21-15(23)17(20(2)16(21)24)8-4-3-5-9-17/h12-13,18H,3-11H2,1-2H3,(H,19,22). The average molecular weight is 336 g/mol. The molecule has 0 bridgehead atoms. The van der Waals surface area contributed by atoms with Gasteiger partial charge in [-0.05, 0) is 39.2 Å². The van der Waals surface area contributed by atoms with Crippen LogP contribution in [0.15, 0.2) is 0 Å². The molecule has 0 aromatic rings. The van der Waals surface area contributed by atoms with E-state index in [1.807, 2.05) is 6.92 Å². The zero-order valence-corrected chi connectivity index (χ0v) is 14.6. The third kappa shape index (κ3) is 2.90. The van der Waals surface area contributed by atoms with Crippen LogP contribution < -0.4 is 10.6 Å². The lowest BCUT2D eigenvalue weighted by molar-refractivity contribution is -0.137. The van der Waals surface area contributed by atoms with Gasteiger partial charge in [0, 0.05) is 19.1 Å². The lowest BCUT2D eigenvalue weighted by atomic mass is 9.81. The Hall–Kier alpha value is -1.63. The minimum atomic E-state index is -0.713. The molecule has 7 nitrogen and oxygen atoms in total. The summed E-state index contributed by atoms with van der Waals surface area (Å²) in [5.74, 6) is -0.446. The fourth-order valence-corrected chi connectivity index (χ4v) is 4.31. The van der Waals surface area contributed by atoms with Gasteiger partial charge in [-0.1, -0.05) is 19.3 Å². The van der Waals surface area contributed by atoms with Gasteiger partial charge in [-0.15, -0.1) is 0 Å². The van der Waals surface area contributed by atoms with Crippen LogP contribution in [0.2, 0.25) is 0 Å². The van der Waals surface area contributed by atoms with Crippen LogP contribution in [0.1, 0.15) is 51.9 Å². The third-order valence-electron chi connectivity index (χ3n) is 5.89. The van der Waals surface area contributed by atoms with E-state index in [4.69, 9.17) is 0 Å². The summed E-state index contributed by atoms with van der Waals surface area (Å²) in [6, 6.07) is -0.0765. The van der Waals surface area contributed by atoms with E-state index in [0.717, 1.165) is 43.5 Å². The second kappa shape index (κ2) is 6.70. The quantitative estimate of drug-likeness (QED) is 0.748. The summed E-state index contributed by atoms with van der Waals surface area (Å²) in [5, 5.41) is 6.31. The normalized spacial score (nSPS) is 30.1. The number of amides is 4. The molecule has 2 atom stereocenters. The van der Waals surface area contributed by atoms with Crippen molar-refractivity contribution < 1.29 is 14.4 Å². The van der Waals surface area contributed by atoms with Crippen molar-refractivity contribution >= 4 is 17.8 Å². The molecule has 3 rings (SSSR count). The molecular weight excluding hydrogens is 308 g/mol. The Morgan fingerprint density at radius 2 is 1.96 bits per heavy atom. The van der Waals surface area contributed by atoms with Crippen molar-refractivity contribution in [1.82, 2.24) is 20.4 Å². The van der Waals surface area contributed by atoms with E-state index >= 15 is 0 Å². The highest BCUT2D eigenvalue weighted by Gasteiger charge is 2.55. The maximum Gasteiger partial charge on any atom is 0.327 e. The molecule has 2 unspecified atom stereocenters. The first-order valence-electron chi connectivity index (χ1n) is 9.08. The van der Waals surface area contributed by atoms with Gasteiger partial charge in [0.15, 0.2) is 0 Å². The maximum atomic E-state index is 12.9. The minimum Gasteiger partial charge on any atom is -0.350 e. The molecule has 7 heteroatoms. The fourth-order valence-electron chi connectivity index (χ4n) is 4.31. The van der Waals surface area contributed by atoms with Gasteiger partial charge in [0.1, 0.15) is 12.1 Å². The van der Waals surface area contributed by atoms with Crippen molar-refractivity contribution in [2.45, 2.75) is 69.5 Å². The van der Waals surface area contributed by atoms with Gasteiger partial charge in [0.2, 0.25) is 5.91 Å². The van der Waals surface area contributed by atoms with Crippen molar-refractivity contribution in [2.75, 3.05) is 20.1 Å². The van der Waals surface area contributed by atoms with Gasteiger partial charge in [-0.3, -0.25) is 14.5 Å². The second-order valence-electron chi connectivity index (χ2n) is 7.38. The van der Waals surface area contributed by atoms with Gasteiger partial charge >= 0.3 is 6.03 Å². The molecular formula is C17H28N4O3. The lowest BCUT2D eigenvalue weighted by Gasteiger charge is -2.35. The monoisotopic (exact) mass is 336 g/mol. The molecule has 2 N–H and O–H groups in total. The first-order chi connectivity index (χ1) is 11.5. The van der Waals surface area contributed by atoms with Crippen molar-refractivity contribution in [2.24, 2.45) is 0 Å². The molecule has 1 aliphatic carbocycles. The molecule has 24 heavy (non-hydrogen) atoms. The van der Waals surface area contributed by atoms with E-state index in [0.29, 0.717) is 12.8 Å². The molecule has 2 saturated heterocycles. The Morgan fingerprint density at radius 3 is 2.62 bits per heavy atom. The van der Waals surface area contributed by atoms with Crippen molar-refractivity contribution in [1.29, 1.82) is 0 Å². The number of carbonyl (C=O) groups excluding carboxylic acids is 3. The lowest BCUT2D eigenvalue weighted by Crippen LogP contribution is -2.54. The average Bonchev–Trinajstić information content (AvgIpc) is 2.74. The van der Waals surface area contributed by atoms with E-state index in [1.165, 1.54) is 0 Å². The number of nitrogens with one attached hydrogen (secondary N) is 2. The summed E-state index contributed by atoms with van der Waals surface area (Å²) in [6.07, 6.45) is 6.35. The van der Waals surface area contributed by atoms with E-state index in [-0.39, 0.29) is 36.5 Å². The highest BCUT2D eigenvalue weighted by molar-refractivity contribution is 6.08. The third-order valence-corrected chi connectivity index (χ3v) is 5.89. The summed E-state index contributed by atoms with van der Waals surface area (Å²) < 4.78 is 0. The molecule has 0 radical (unpaired) electrons. The van der Waals surface area contributed by atoms with Crippen LogP contribution >= 0.6 is 0 Å². The second-order valence-corrected chi connectivity index (χ2v) is 7.38. The Labute approximate surface area is 143 Å². The summed E-state index contributed by atoms with van der Waals surface area (Å²) in [5.41, 5.74) is -0.713. The molecule has 3 aliphatic rings. The molecule has 2 heterocycles. The number of likely N-dealkylation sites (N-methyl/N-ethyl adjacent to an activating group) is 1. The number of carbonyl (C=O) groups is 3. The van der Waals surface area contributed by atoms with Gasteiger partial charge < -0.3 is 15.5 Å². The predicted molar refractivity (Wildman–Crippen MR) is 89.3 cm³/mol. The van der Waals surface area contributed by atoms with Crippen molar-refractivity contribution in [3.05, 3.63) is 0 Å². The topological polar surface area (TPSA) is 81.8 Å². The molecule has 1 spiro atoms. The number of hydrogen-bond donors (Lipinski definition) is 2. The van der Waals surface area contributed by atoms with Crippen LogP contribution in [-0.4, -0.2) is 65.4 Å². The number of imide groups is 1. The summed E-state index contributed by atoms with van der Waals surface area (Å²) in [7, 11) is 1.69. The van der Waals surface area contributed by atoms with E-state index in [1.54, 1.807) is 11.9 Å². The first-order valence-corrected chi connectivity index (χ1v) is 9.08. The molecule has 4 amide bonds. The molecule has 0 aromatic heterocycles.